The van der Waals surface area contributed by atoms with Gasteiger partial charge in [0, 0.05) is 36.1 Å². The normalized spacial score (nSPS) is 29.2. The lowest BCUT2D eigenvalue weighted by molar-refractivity contribution is 0.0680. The van der Waals surface area contributed by atoms with E-state index in [4.69, 9.17) is 15.5 Å². The average Bonchev–Trinajstić information content (AvgIpc) is 2.75. The van der Waals surface area contributed by atoms with Crippen molar-refractivity contribution >= 4 is 16.9 Å². The van der Waals surface area contributed by atoms with Crippen molar-refractivity contribution in [1.82, 2.24) is 4.98 Å². The van der Waals surface area contributed by atoms with Crippen LogP contribution in [0, 0.1) is 0 Å². The molecule has 2 N–H and O–H groups in total. The molecule has 28 heavy (non-hydrogen) atoms. The number of pyridine rings is 1. The molecule has 0 radical (unpaired) electrons. The molecule has 5 rings (SSSR count). The lowest BCUT2D eigenvalue weighted by atomic mass is 9.72. The Bertz CT molecular complexity index is 954. The van der Waals surface area contributed by atoms with E-state index in [2.05, 4.69) is 47.5 Å². The van der Waals surface area contributed by atoms with Gasteiger partial charge >= 0.3 is 0 Å². The van der Waals surface area contributed by atoms with E-state index in [1.54, 1.807) is 11.8 Å². The van der Waals surface area contributed by atoms with Gasteiger partial charge in [-0.15, -0.1) is 0 Å². The largest absolute Gasteiger partial charge is 0.486 e. The molecular formula is C23H23N3OS. The molecule has 0 amide bonds. The number of aliphatic imine (C=N–C) groups is 1. The minimum atomic E-state index is -0.269. The van der Waals surface area contributed by atoms with Gasteiger partial charge in [-0.2, -0.15) is 0 Å². The topological polar surface area (TPSA) is 60.5 Å². The third-order valence-electron chi connectivity index (χ3n) is 5.93. The van der Waals surface area contributed by atoms with Gasteiger partial charge in [-0.25, -0.2) is 0 Å². The minimum absolute atomic E-state index is 0.000748. The molecule has 5 heteroatoms. The third-order valence-corrected chi connectivity index (χ3v) is 6.72. The van der Waals surface area contributed by atoms with E-state index in [1.165, 1.54) is 16.7 Å². The molecule has 1 aromatic carbocycles. The summed E-state index contributed by atoms with van der Waals surface area (Å²) in [5.74, 6) is 2.27. The van der Waals surface area contributed by atoms with Crippen LogP contribution < -0.4 is 5.73 Å². The number of nitrogens with zero attached hydrogens (tertiary/aromatic N) is 2. The Morgan fingerprint density at radius 1 is 1.11 bits per heavy atom. The van der Waals surface area contributed by atoms with E-state index in [0.717, 1.165) is 30.8 Å². The van der Waals surface area contributed by atoms with Crippen LogP contribution in [-0.4, -0.2) is 21.4 Å². The number of hydrogen-bond donors (Lipinski definition) is 1. The van der Waals surface area contributed by atoms with Crippen LogP contribution in [0.4, 0.5) is 0 Å². The number of fused-ring (bicyclic) bond motifs is 1. The van der Waals surface area contributed by atoms with Gasteiger partial charge in [-0.3, -0.25) is 9.98 Å². The summed E-state index contributed by atoms with van der Waals surface area (Å²) in [7, 11) is 0. The zero-order chi connectivity index (χ0) is 19.0. The number of hydrogen-bond acceptors (Lipinski definition) is 5. The van der Waals surface area contributed by atoms with Crippen molar-refractivity contribution in [2.75, 3.05) is 5.75 Å². The molecule has 2 aliphatic heterocycles. The maximum Gasteiger partial charge on any atom is 0.154 e. The lowest BCUT2D eigenvalue weighted by Crippen LogP contribution is -2.42. The van der Waals surface area contributed by atoms with Crippen LogP contribution in [0.5, 0.6) is 0 Å². The van der Waals surface area contributed by atoms with Crippen LogP contribution >= 0.6 is 11.8 Å². The standard InChI is InChI=1S/C23H23N3OS/c24-22-26-23(10-12-28-22)14-21(16-5-2-1-3-6-16)27-20-9-8-17(13-19(20)23)18-7-4-11-25-15-18/h1-9,11,15,17,21H,10,12-14H2,(H2,24,26). The quantitative estimate of drug-likeness (QED) is 0.806. The highest BCUT2D eigenvalue weighted by Gasteiger charge is 2.46. The summed E-state index contributed by atoms with van der Waals surface area (Å²) >= 11 is 1.66. The number of allylic oxidation sites excluding steroid dienone is 2. The first kappa shape index (κ1) is 17.6. The first-order valence-corrected chi connectivity index (χ1v) is 10.7. The Kier molecular flexibility index (Phi) is 4.47. The molecule has 3 unspecified atom stereocenters. The van der Waals surface area contributed by atoms with Crippen molar-refractivity contribution in [2.45, 2.75) is 36.8 Å². The number of amidine groups is 1. The monoisotopic (exact) mass is 389 g/mol. The number of thioether (sulfide) groups is 1. The summed E-state index contributed by atoms with van der Waals surface area (Å²) in [6, 6.07) is 14.6. The number of benzene rings is 1. The van der Waals surface area contributed by atoms with E-state index >= 15 is 0 Å². The zero-order valence-electron chi connectivity index (χ0n) is 15.6. The molecule has 0 saturated carbocycles. The second-order valence-corrected chi connectivity index (χ2v) is 8.72. The van der Waals surface area contributed by atoms with Crippen LogP contribution in [0.25, 0.3) is 0 Å². The van der Waals surface area contributed by atoms with Crippen LogP contribution in [0.3, 0.4) is 0 Å². The Balaban J connectivity index is 1.55. The minimum Gasteiger partial charge on any atom is -0.486 e. The van der Waals surface area contributed by atoms with E-state index in [1.807, 2.05) is 24.5 Å². The van der Waals surface area contributed by atoms with E-state index in [-0.39, 0.29) is 11.6 Å². The first-order chi connectivity index (χ1) is 13.7. The molecule has 1 spiro atoms. The predicted molar refractivity (Wildman–Crippen MR) is 114 cm³/mol. The molecule has 1 aromatic heterocycles. The van der Waals surface area contributed by atoms with Crippen LogP contribution in [0.1, 0.15) is 42.4 Å². The van der Waals surface area contributed by atoms with E-state index < -0.39 is 0 Å². The Morgan fingerprint density at radius 2 is 1.96 bits per heavy atom. The Morgan fingerprint density at radius 3 is 2.75 bits per heavy atom. The van der Waals surface area contributed by atoms with Crippen LogP contribution in [-0.2, 0) is 4.74 Å². The number of nitrogens with two attached hydrogens (primary N) is 1. The highest BCUT2D eigenvalue weighted by Crippen LogP contribution is 2.51. The fraction of sp³-hybridized carbons (Fsp3) is 0.304. The summed E-state index contributed by atoms with van der Waals surface area (Å²) in [6.07, 6.45) is 10.9. The Hall–Kier alpha value is -2.53. The maximum atomic E-state index is 6.48. The fourth-order valence-electron chi connectivity index (χ4n) is 4.51. The summed E-state index contributed by atoms with van der Waals surface area (Å²) < 4.78 is 6.48. The van der Waals surface area contributed by atoms with Gasteiger partial charge in [0.1, 0.15) is 11.9 Å². The van der Waals surface area contributed by atoms with Gasteiger partial charge in [0.25, 0.3) is 0 Å². The molecular weight excluding hydrogens is 366 g/mol. The van der Waals surface area contributed by atoms with E-state index in [9.17, 15) is 0 Å². The fourth-order valence-corrected chi connectivity index (χ4v) is 5.40. The number of rotatable bonds is 2. The molecule has 0 saturated heterocycles. The van der Waals surface area contributed by atoms with Crippen LogP contribution in [0.2, 0.25) is 0 Å². The summed E-state index contributed by atoms with van der Waals surface area (Å²) in [4.78, 5) is 9.33. The highest BCUT2D eigenvalue weighted by molar-refractivity contribution is 8.13. The summed E-state index contributed by atoms with van der Waals surface area (Å²) in [6.45, 7) is 0. The van der Waals surface area contributed by atoms with Gasteiger partial charge in [0.05, 0.1) is 5.54 Å². The van der Waals surface area contributed by atoms with Crippen molar-refractivity contribution in [3.63, 3.8) is 0 Å². The van der Waals surface area contributed by atoms with E-state index in [0.29, 0.717) is 11.1 Å². The van der Waals surface area contributed by atoms with Crippen molar-refractivity contribution in [2.24, 2.45) is 10.7 Å². The second-order valence-electron chi connectivity index (χ2n) is 7.60. The second kappa shape index (κ2) is 7.13. The molecule has 2 aromatic rings. The van der Waals surface area contributed by atoms with Crippen molar-refractivity contribution in [3.05, 3.63) is 89.5 Å². The van der Waals surface area contributed by atoms with Gasteiger partial charge in [0.2, 0.25) is 0 Å². The average molecular weight is 390 g/mol. The van der Waals surface area contributed by atoms with Gasteiger partial charge in [0.15, 0.2) is 5.17 Å². The maximum absolute atomic E-state index is 6.48. The van der Waals surface area contributed by atoms with Crippen molar-refractivity contribution < 1.29 is 4.74 Å². The third kappa shape index (κ3) is 3.14. The Labute approximate surface area is 169 Å². The summed E-state index contributed by atoms with van der Waals surface area (Å²) in [5, 5.41) is 0.694. The SMILES string of the molecule is NC1=NC2(CCS1)CC(c1ccccc1)OC1=C2CC(c2cccnc2)C=C1. The van der Waals surface area contributed by atoms with Gasteiger partial charge in [-0.05, 0) is 36.1 Å². The smallest absolute Gasteiger partial charge is 0.154 e. The molecule has 3 atom stereocenters. The summed E-state index contributed by atoms with van der Waals surface area (Å²) in [5.41, 5.74) is 9.66. The van der Waals surface area contributed by atoms with Crippen molar-refractivity contribution in [3.8, 4) is 0 Å². The van der Waals surface area contributed by atoms with Crippen molar-refractivity contribution in [1.29, 1.82) is 0 Å². The van der Waals surface area contributed by atoms with Crippen LogP contribution in [0.15, 0.2) is 83.3 Å². The molecule has 4 nitrogen and oxygen atoms in total. The molecule has 3 aliphatic rings. The van der Waals surface area contributed by atoms with Gasteiger partial charge < -0.3 is 10.5 Å². The number of ether oxygens (including phenoxy) is 1. The predicted octanol–water partition coefficient (Wildman–Crippen LogP) is 4.73. The molecule has 142 valence electrons. The molecule has 0 bridgehead atoms. The molecule has 0 fully saturated rings. The lowest BCUT2D eigenvalue weighted by Gasteiger charge is -2.45. The first-order valence-electron chi connectivity index (χ1n) is 9.75. The highest BCUT2D eigenvalue weighted by atomic mass is 32.2. The zero-order valence-corrected chi connectivity index (χ0v) is 16.4. The number of aromatic nitrogens is 1. The molecule has 1 aliphatic carbocycles. The molecule has 3 heterocycles. The van der Waals surface area contributed by atoms with Gasteiger partial charge in [-0.1, -0.05) is 54.2 Å².